The highest BCUT2D eigenvalue weighted by Gasteiger charge is 2.28. The highest BCUT2D eigenvalue weighted by Crippen LogP contribution is 2.40. The van der Waals surface area contributed by atoms with Crippen molar-refractivity contribution in [2.45, 2.75) is 35.8 Å². The molecule has 148 valence electrons. The fourth-order valence-corrected chi connectivity index (χ4v) is 4.80. The van der Waals surface area contributed by atoms with Crippen LogP contribution in [0.15, 0.2) is 41.3 Å². The number of carbonyl (C=O) groups excluding carboxylic acids is 1. The zero-order valence-electron chi connectivity index (χ0n) is 14.8. The standard InChI is InChI=1S/C20H18ClF2NO3S/c21-15-10-13(3-6-16(15)22)24-20(27)12-2-5-17(23)18(9-12)28-14-4-1-11(7-14)8-19(25)26/h2-3,5-6,9-11,14H,1,4,7-8H2,(H,24,27)(H,25,26). The number of carboxylic acid groups (broad SMARTS) is 1. The van der Waals surface area contributed by atoms with Gasteiger partial charge in [-0.1, -0.05) is 11.6 Å². The van der Waals surface area contributed by atoms with Gasteiger partial charge in [-0.25, -0.2) is 8.78 Å². The molecule has 4 nitrogen and oxygen atoms in total. The molecule has 0 aliphatic heterocycles. The van der Waals surface area contributed by atoms with Crippen molar-refractivity contribution in [1.29, 1.82) is 0 Å². The largest absolute Gasteiger partial charge is 0.481 e. The second-order valence-corrected chi connectivity index (χ2v) is 8.49. The Labute approximate surface area is 170 Å². The van der Waals surface area contributed by atoms with Crippen LogP contribution in [0.1, 0.15) is 36.0 Å². The molecule has 8 heteroatoms. The fourth-order valence-electron chi connectivity index (χ4n) is 3.26. The Balaban J connectivity index is 1.68. The highest BCUT2D eigenvalue weighted by atomic mass is 35.5. The van der Waals surface area contributed by atoms with Gasteiger partial charge in [0.1, 0.15) is 11.6 Å². The van der Waals surface area contributed by atoms with E-state index in [9.17, 15) is 18.4 Å². The van der Waals surface area contributed by atoms with Crippen molar-refractivity contribution in [3.63, 3.8) is 0 Å². The van der Waals surface area contributed by atoms with Gasteiger partial charge in [-0.05, 0) is 61.6 Å². The first-order valence-corrected chi connectivity index (χ1v) is 10.0. The number of hydrogen-bond donors (Lipinski definition) is 2. The first kappa shape index (κ1) is 20.6. The Morgan fingerprint density at radius 3 is 2.61 bits per heavy atom. The lowest BCUT2D eigenvalue weighted by atomic mass is 10.1. The number of carboxylic acids is 1. The van der Waals surface area contributed by atoms with Gasteiger partial charge >= 0.3 is 5.97 Å². The first-order chi connectivity index (χ1) is 13.3. The third-order valence-electron chi connectivity index (χ3n) is 4.62. The average molecular weight is 426 g/mol. The molecule has 0 saturated heterocycles. The first-order valence-electron chi connectivity index (χ1n) is 8.76. The molecule has 2 N–H and O–H groups in total. The molecule has 0 heterocycles. The molecule has 2 aromatic carbocycles. The number of benzene rings is 2. The molecular weight excluding hydrogens is 408 g/mol. The maximum absolute atomic E-state index is 14.2. The zero-order chi connectivity index (χ0) is 20.3. The summed E-state index contributed by atoms with van der Waals surface area (Å²) in [7, 11) is 0. The van der Waals surface area contributed by atoms with Crippen molar-refractivity contribution in [3.8, 4) is 0 Å². The second-order valence-electron chi connectivity index (χ2n) is 6.75. The molecule has 0 radical (unpaired) electrons. The summed E-state index contributed by atoms with van der Waals surface area (Å²) in [4.78, 5) is 23.6. The molecule has 1 aliphatic carbocycles. The number of amides is 1. The third kappa shape index (κ3) is 5.23. The Kier molecular flexibility index (Phi) is 6.57. The van der Waals surface area contributed by atoms with Crippen molar-refractivity contribution in [1.82, 2.24) is 0 Å². The van der Waals surface area contributed by atoms with Crippen LogP contribution in [0.3, 0.4) is 0 Å². The van der Waals surface area contributed by atoms with E-state index in [-0.39, 0.29) is 28.2 Å². The molecule has 28 heavy (non-hydrogen) atoms. The summed E-state index contributed by atoms with van der Waals surface area (Å²) in [6.45, 7) is 0. The van der Waals surface area contributed by atoms with Crippen molar-refractivity contribution in [2.75, 3.05) is 5.32 Å². The predicted molar refractivity (Wildman–Crippen MR) is 105 cm³/mol. The zero-order valence-corrected chi connectivity index (χ0v) is 16.3. The minimum Gasteiger partial charge on any atom is -0.481 e. The molecule has 2 unspecified atom stereocenters. The van der Waals surface area contributed by atoms with Crippen LogP contribution in [0.4, 0.5) is 14.5 Å². The predicted octanol–water partition coefficient (Wildman–Crippen LogP) is 5.61. The number of aliphatic carboxylic acids is 1. The molecule has 1 aliphatic rings. The topological polar surface area (TPSA) is 66.4 Å². The number of thioether (sulfide) groups is 1. The van der Waals surface area contributed by atoms with Crippen molar-refractivity contribution in [2.24, 2.45) is 5.92 Å². The molecule has 2 aromatic rings. The average Bonchev–Trinajstić information content (AvgIpc) is 3.06. The molecule has 2 atom stereocenters. The summed E-state index contributed by atoms with van der Waals surface area (Å²) in [5.41, 5.74) is 0.603. The van der Waals surface area contributed by atoms with Crippen LogP contribution < -0.4 is 5.32 Å². The summed E-state index contributed by atoms with van der Waals surface area (Å²) in [5, 5.41) is 11.5. The van der Waals surface area contributed by atoms with E-state index in [0.29, 0.717) is 17.0 Å². The number of halogens is 3. The van der Waals surface area contributed by atoms with E-state index in [1.807, 2.05) is 0 Å². The minimum absolute atomic E-state index is 0.104. The Morgan fingerprint density at radius 2 is 1.89 bits per heavy atom. The van der Waals surface area contributed by atoms with Gasteiger partial charge in [-0.2, -0.15) is 0 Å². The fraction of sp³-hybridized carbons (Fsp3) is 0.300. The monoisotopic (exact) mass is 425 g/mol. The van der Waals surface area contributed by atoms with Gasteiger partial charge in [0.25, 0.3) is 5.91 Å². The smallest absolute Gasteiger partial charge is 0.303 e. The summed E-state index contributed by atoms with van der Waals surface area (Å²) < 4.78 is 27.4. The van der Waals surface area contributed by atoms with Crippen LogP contribution in [0.5, 0.6) is 0 Å². The van der Waals surface area contributed by atoms with Crippen LogP contribution in [-0.4, -0.2) is 22.2 Å². The van der Waals surface area contributed by atoms with E-state index < -0.39 is 23.5 Å². The number of hydrogen-bond acceptors (Lipinski definition) is 3. The molecule has 1 fully saturated rings. The quantitative estimate of drug-likeness (QED) is 0.631. The SMILES string of the molecule is O=C(O)CC1CCC(Sc2cc(C(=O)Nc3ccc(F)c(Cl)c3)ccc2F)C1. The van der Waals surface area contributed by atoms with Gasteiger partial charge in [-0.15, -0.1) is 11.8 Å². The molecule has 1 saturated carbocycles. The number of nitrogens with one attached hydrogen (secondary N) is 1. The van der Waals surface area contributed by atoms with Gasteiger partial charge in [0.05, 0.1) is 5.02 Å². The molecular formula is C20H18ClF2NO3S. The molecule has 0 aromatic heterocycles. The summed E-state index contributed by atoms with van der Waals surface area (Å²) in [6.07, 6.45) is 2.45. The van der Waals surface area contributed by atoms with Crippen molar-refractivity contribution in [3.05, 3.63) is 58.6 Å². The van der Waals surface area contributed by atoms with Gasteiger partial charge in [-0.3, -0.25) is 9.59 Å². The molecule has 0 bridgehead atoms. The normalized spacial score (nSPS) is 18.8. The van der Waals surface area contributed by atoms with E-state index in [1.54, 1.807) is 0 Å². The maximum atomic E-state index is 14.2. The Hall–Kier alpha value is -2.12. The van der Waals surface area contributed by atoms with E-state index in [4.69, 9.17) is 16.7 Å². The van der Waals surface area contributed by atoms with Gasteiger partial charge < -0.3 is 10.4 Å². The molecule has 0 spiro atoms. The summed E-state index contributed by atoms with van der Waals surface area (Å²) in [5.74, 6) is -2.18. The second kappa shape index (κ2) is 8.92. The number of carbonyl (C=O) groups is 2. The van der Waals surface area contributed by atoms with E-state index in [0.717, 1.165) is 18.9 Å². The highest BCUT2D eigenvalue weighted by molar-refractivity contribution is 8.00. The van der Waals surface area contributed by atoms with Crippen LogP contribution in [0.25, 0.3) is 0 Å². The lowest BCUT2D eigenvalue weighted by molar-refractivity contribution is -0.138. The van der Waals surface area contributed by atoms with Crippen LogP contribution in [-0.2, 0) is 4.79 Å². The molecule has 1 amide bonds. The lowest BCUT2D eigenvalue weighted by Gasteiger charge is -2.12. The maximum Gasteiger partial charge on any atom is 0.303 e. The van der Waals surface area contributed by atoms with Gasteiger partial charge in [0, 0.05) is 27.8 Å². The Bertz CT molecular complexity index is 909. The van der Waals surface area contributed by atoms with Crippen LogP contribution in [0, 0.1) is 17.6 Å². The van der Waals surface area contributed by atoms with Crippen LogP contribution in [0.2, 0.25) is 5.02 Å². The molecule has 3 rings (SSSR count). The number of rotatable bonds is 6. The summed E-state index contributed by atoms with van der Waals surface area (Å²) >= 11 is 7.04. The van der Waals surface area contributed by atoms with Crippen molar-refractivity contribution >= 4 is 40.9 Å². The van der Waals surface area contributed by atoms with E-state index in [2.05, 4.69) is 5.32 Å². The van der Waals surface area contributed by atoms with Gasteiger partial charge in [0.15, 0.2) is 0 Å². The lowest BCUT2D eigenvalue weighted by Crippen LogP contribution is -2.12. The number of anilines is 1. The third-order valence-corrected chi connectivity index (χ3v) is 6.24. The van der Waals surface area contributed by atoms with E-state index >= 15 is 0 Å². The van der Waals surface area contributed by atoms with Gasteiger partial charge in [0.2, 0.25) is 0 Å². The summed E-state index contributed by atoms with van der Waals surface area (Å²) in [6, 6.07) is 7.93. The minimum atomic E-state index is -0.818. The Morgan fingerprint density at radius 1 is 1.14 bits per heavy atom. The van der Waals surface area contributed by atoms with E-state index in [1.165, 1.54) is 42.1 Å². The van der Waals surface area contributed by atoms with Crippen molar-refractivity contribution < 1.29 is 23.5 Å². The van der Waals surface area contributed by atoms with Crippen LogP contribution >= 0.6 is 23.4 Å².